The molecule has 0 fully saturated rings. The number of hydrogen-bond acceptors (Lipinski definition) is 8. The number of carboxylic acid groups (broad SMARTS) is 2. The van der Waals surface area contributed by atoms with Crippen LogP contribution in [0.4, 0.5) is 0 Å². The molecule has 1 aromatic rings. The lowest BCUT2D eigenvalue weighted by atomic mass is 9.98. The van der Waals surface area contributed by atoms with Crippen molar-refractivity contribution in [3.05, 3.63) is 18.2 Å². The number of aliphatic hydroxyl groups is 1. The SMILES string of the molecule is CCC(C)C(NC(=O)C(Cc1cnc[nH]1)NC(=O)C(NC(=O)C(N)CCC(=O)O)C(C)O)C(=O)O. The average Bonchev–Trinajstić information content (AvgIpc) is 3.30. The third-order valence-corrected chi connectivity index (χ3v) is 5.46. The molecule has 0 aliphatic carbocycles. The molecule has 1 aromatic heterocycles. The molecule has 0 aromatic carbocycles. The zero-order valence-electron chi connectivity index (χ0n) is 19.9. The van der Waals surface area contributed by atoms with E-state index >= 15 is 0 Å². The average molecular weight is 499 g/mol. The molecule has 0 saturated carbocycles. The van der Waals surface area contributed by atoms with Crippen molar-refractivity contribution in [2.45, 2.75) is 76.7 Å². The van der Waals surface area contributed by atoms with Gasteiger partial charge in [-0.2, -0.15) is 0 Å². The van der Waals surface area contributed by atoms with Crippen molar-refractivity contribution in [1.82, 2.24) is 25.9 Å². The summed E-state index contributed by atoms with van der Waals surface area (Å²) < 4.78 is 0. The van der Waals surface area contributed by atoms with Crippen LogP contribution in [0.15, 0.2) is 12.5 Å². The summed E-state index contributed by atoms with van der Waals surface area (Å²) in [6, 6.07) is -5.22. The first-order chi connectivity index (χ1) is 16.4. The van der Waals surface area contributed by atoms with Crippen LogP contribution >= 0.6 is 0 Å². The van der Waals surface area contributed by atoms with Crippen LogP contribution in [0.5, 0.6) is 0 Å². The topological polar surface area (TPSA) is 237 Å². The highest BCUT2D eigenvalue weighted by molar-refractivity contribution is 5.94. The maximum atomic E-state index is 13.0. The van der Waals surface area contributed by atoms with E-state index in [4.69, 9.17) is 10.8 Å². The summed E-state index contributed by atoms with van der Waals surface area (Å²) in [6.45, 7) is 4.67. The highest BCUT2D eigenvalue weighted by atomic mass is 16.4. The molecule has 14 nitrogen and oxygen atoms in total. The van der Waals surface area contributed by atoms with Crippen molar-refractivity contribution in [1.29, 1.82) is 0 Å². The summed E-state index contributed by atoms with van der Waals surface area (Å²) in [6.07, 6.45) is 1.23. The molecule has 1 rings (SSSR count). The van der Waals surface area contributed by atoms with Crippen LogP contribution in [0.1, 0.15) is 45.7 Å². The van der Waals surface area contributed by atoms with E-state index < -0.39 is 65.8 Å². The molecule has 0 saturated heterocycles. The number of aromatic amines is 1. The number of nitrogens with zero attached hydrogens (tertiary/aromatic N) is 1. The van der Waals surface area contributed by atoms with Gasteiger partial charge in [-0.25, -0.2) is 9.78 Å². The van der Waals surface area contributed by atoms with Gasteiger partial charge >= 0.3 is 11.9 Å². The summed E-state index contributed by atoms with van der Waals surface area (Å²) in [4.78, 5) is 67.1. The number of rotatable bonds is 15. The first-order valence-electron chi connectivity index (χ1n) is 11.1. The second kappa shape index (κ2) is 14.0. The van der Waals surface area contributed by atoms with Gasteiger partial charge < -0.3 is 42.0 Å². The van der Waals surface area contributed by atoms with Crippen molar-refractivity contribution in [2.75, 3.05) is 0 Å². The Morgan fingerprint density at radius 2 is 1.66 bits per heavy atom. The summed E-state index contributed by atoms with van der Waals surface area (Å²) in [5.74, 6) is -5.34. The Labute approximate surface area is 202 Å². The van der Waals surface area contributed by atoms with E-state index in [1.165, 1.54) is 19.4 Å². The molecule has 0 aliphatic heterocycles. The van der Waals surface area contributed by atoms with Gasteiger partial charge in [-0.05, 0) is 19.3 Å². The van der Waals surface area contributed by atoms with Crippen LogP contribution in [0, 0.1) is 5.92 Å². The standard InChI is InChI=1S/C21H34N6O8/c1-4-10(2)16(21(34)35)26-19(32)14(7-12-8-23-9-24-12)25-20(33)17(11(3)28)27-18(31)13(22)5-6-15(29)30/h8-11,13-14,16-17,28H,4-7,22H2,1-3H3,(H,23,24)(H,25,33)(H,26,32)(H,27,31)(H,29,30)(H,34,35). The number of hydrogen-bond donors (Lipinski definition) is 8. The van der Waals surface area contributed by atoms with Crippen molar-refractivity contribution in [2.24, 2.45) is 11.7 Å². The first-order valence-corrected chi connectivity index (χ1v) is 11.1. The Bertz CT molecular complexity index is 875. The molecule has 35 heavy (non-hydrogen) atoms. The van der Waals surface area contributed by atoms with Crippen molar-refractivity contribution in [3.63, 3.8) is 0 Å². The number of nitrogens with one attached hydrogen (secondary N) is 4. The van der Waals surface area contributed by atoms with E-state index in [1.807, 2.05) is 0 Å². The number of carbonyl (C=O) groups excluding carboxylic acids is 3. The van der Waals surface area contributed by atoms with Gasteiger partial charge in [0.15, 0.2) is 0 Å². The number of aromatic nitrogens is 2. The van der Waals surface area contributed by atoms with Gasteiger partial charge in [-0.3, -0.25) is 19.2 Å². The number of nitrogens with two attached hydrogens (primary N) is 1. The Morgan fingerprint density at radius 1 is 1.03 bits per heavy atom. The lowest BCUT2D eigenvalue weighted by molar-refractivity contribution is -0.144. The van der Waals surface area contributed by atoms with Gasteiger partial charge in [0.25, 0.3) is 0 Å². The predicted molar refractivity (Wildman–Crippen MR) is 122 cm³/mol. The van der Waals surface area contributed by atoms with Gasteiger partial charge in [-0.1, -0.05) is 20.3 Å². The number of carboxylic acids is 2. The van der Waals surface area contributed by atoms with Gasteiger partial charge in [0.2, 0.25) is 17.7 Å². The quantitative estimate of drug-likeness (QED) is 0.134. The Balaban J connectivity index is 3.03. The van der Waals surface area contributed by atoms with E-state index in [2.05, 4.69) is 25.9 Å². The maximum Gasteiger partial charge on any atom is 0.326 e. The maximum absolute atomic E-state index is 13.0. The molecular weight excluding hydrogens is 464 g/mol. The Morgan fingerprint density at radius 3 is 2.14 bits per heavy atom. The Kier molecular flexibility index (Phi) is 11.8. The van der Waals surface area contributed by atoms with E-state index in [9.17, 15) is 34.2 Å². The minimum absolute atomic E-state index is 0.0803. The summed E-state index contributed by atoms with van der Waals surface area (Å²) in [5, 5.41) is 35.4. The predicted octanol–water partition coefficient (Wildman–Crippen LogP) is -1.89. The minimum Gasteiger partial charge on any atom is -0.481 e. The number of H-pyrrole nitrogens is 1. The number of imidazole rings is 1. The zero-order valence-corrected chi connectivity index (χ0v) is 19.9. The number of aliphatic carboxylic acids is 2. The third kappa shape index (κ3) is 9.70. The molecule has 1 heterocycles. The highest BCUT2D eigenvalue weighted by Gasteiger charge is 2.33. The largest absolute Gasteiger partial charge is 0.481 e. The molecule has 0 bridgehead atoms. The summed E-state index contributed by atoms with van der Waals surface area (Å²) in [5.41, 5.74) is 6.13. The van der Waals surface area contributed by atoms with Crippen LogP contribution < -0.4 is 21.7 Å². The summed E-state index contributed by atoms with van der Waals surface area (Å²) >= 11 is 0. The van der Waals surface area contributed by atoms with E-state index in [-0.39, 0.29) is 19.3 Å². The van der Waals surface area contributed by atoms with Crippen LogP contribution in [-0.2, 0) is 30.4 Å². The molecule has 6 atom stereocenters. The van der Waals surface area contributed by atoms with E-state index in [1.54, 1.807) is 13.8 Å². The molecule has 14 heteroatoms. The second-order valence-electron chi connectivity index (χ2n) is 8.32. The van der Waals surface area contributed by atoms with Crippen LogP contribution in [0.25, 0.3) is 0 Å². The monoisotopic (exact) mass is 498 g/mol. The molecule has 9 N–H and O–H groups in total. The van der Waals surface area contributed by atoms with Crippen LogP contribution in [0.3, 0.4) is 0 Å². The number of carbonyl (C=O) groups is 5. The molecule has 6 unspecified atom stereocenters. The molecule has 3 amide bonds. The van der Waals surface area contributed by atoms with Crippen molar-refractivity contribution < 1.29 is 39.3 Å². The molecule has 0 aliphatic rings. The van der Waals surface area contributed by atoms with Crippen LogP contribution in [0.2, 0.25) is 0 Å². The second-order valence-corrected chi connectivity index (χ2v) is 8.32. The van der Waals surface area contributed by atoms with Crippen LogP contribution in [-0.4, -0.2) is 85.2 Å². The number of amides is 3. The molecular formula is C21H34N6O8. The zero-order chi connectivity index (χ0) is 26.7. The molecule has 196 valence electrons. The van der Waals surface area contributed by atoms with Gasteiger partial charge in [-0.15, -0.1) is 0 Å². The van der Waals surface area contributed by atoms with Crippen molar-refractivity contribution in [3.8, 4) is 0 Å². The lowest BCUT2D eigenvalue weighted by Crippen LogP contribution is -2.60. The van der Waals surface area contributed by atoms with E-state index in [0.717, 1.165) is 0 Å². The minimum atomic E-state index is -1.51. The lowest BCUT2D eigenvalue weighted by Gasteiger charge is -2.27. The Hall–Kier alpha value is -3.52. The molecule has 0 radical (unpaired) electrons. The van der Waals surface area contributed by atoms with Gasteiger partial charge in [0, 0.05) is 24.7 Å². The van der Waals surface area contributed by atoms with Gasteiger partial charge in [0.05, 0.1) is 18.5 Å². The first kappa shape index (κ1) is 29.5. The molecule has 0 spiro atoms. The fourth-order valence-electron chi connectivity index (χ4n) is 3.10. The smallest absolute Gasteiger partial charge is 0.326 e. The van der Waals surface area contributed by atoms with Gasteiger partial charge in [0.1, 0.15) is 18.1 Å². The summed E-state index contributed by atoms with van der Waals surface area (Å²) in [7, 11) is 0. The number of aliphatic hydroxyl groups excluding tert-OH is 1. The van der Waals surface area contributed by atoms with Crippen molar-refractivity contribution >= 4 is 29.7 Å². The normalized spacial score (nSPS) is 16.1. The fourth-order valence-corrected chi connectivity index (χ4v) is 3.10. The third-order valence-electron chi connectivity index (χ3n) is 5.46. The fraction of sp³-hybridized carbons (Fsp3) is 0.619. The van der Waals surface area contributed by atoms with E-state index in [0.29, 0.717) is 12.1 Å². The highest BCUT2D eigenvalue weighted by Crippen LogP contribution is 2.09.